The fourth-order valence-electron chi connectivity index (χ4n) is 1.27. The summed E-state index contributed by atoms with van der Waals surface area (Å²) in [5, 5.41) is 0. The van der Waals surface area contributed by atoms with Crippen LogP contribution in [0.4, 0.5) is 0 Å². The van der Waals surface area contributed by atoms with Crippen molar-refractivity contribution in [2.45, 2.75) is 6.92 Å². The molecule has 0 aliphatic heterocycles. The Kier molecular flexibility index (Phi) is 3.61. The van der Waals surface area contributed by atoms with E-state index in [4.69, 9.17) is 4.74 Å². The Labute approximate surface area is 111 Å². The van der Waals surface area contributed by atoms with Crippen LogP contribution in [0.15, 0.2) is 45.5 Å². The van der Waals surface area contributed by atoms with Crippen LogP contribution in [-0.2, 0) is 0 Å². The Balaban J connectivity index is 2.31. The van der Waals surface area contributed by atoms with Crippen molar-refractivity contribution in [2.24, 2.45) is 0 Å². The highest BCUT2D eigenvalue weighted by Crippen LogP contribution is 2.30. The highest BCUT2D eigenvalue weighted by Gasteiger charge is 2.05. The molecular weight excluding hydrogens is 334 g/mol. The van der Waals surface area contributed by atoms with Gasteiger partial charge in [-0.15, -0.1) is 0 Å². The molecule has 1 heterocycles. The zero-order chi connectivity index (χ0) is 11.5. The van der Waals surface area contributed by atoms with Gasteiger partial charge >= 0.3 is 0 Å². The van der Waals surface area contributed by atoms with Crippen molar-refractivity contribution in [3.8, 4) is 11.6 Å². The normalized spacial score (nSPS) is 10.2. The van der Waals surface area contributed by atoms with Crippen molar-refractivity contribution in [1.29, 1.82) is 0 Å². The first-order valence-electron chi connectivity index (χ1n) is 4.71. The average Bonchev–Trinajstić information content (AvgIpc) is 2.25. The fraction of sp³-hybridized carbons (Fsp3) is 0.0833. The van der Waals surface area contributed by atoms with Gasteiger partial charge in [0.2, 0.25) is 5.88 Å². The Hall–Kier alpha value is -0.870. The Morgan fingerprint density at radius 3 is 2.62 bits per heavy atom. The zero-order valence-corrected chi connectivity index (χ0v) is 11.7. The number of nitrogens with zero attached hydrogens (tertiary/aromatic N) is 1. The minimum absolute atomic E-state index is 0.620. The maximum atomic E-state index is 5.72. The number of para-hydroxylation sites is 1. The second-order valence-corrected chi connectivity index (χ2v) is 5.08. The molecule has 2 rings (SSSR count). The molecule has 0 fully saturated rings. The number of hydrogen-bond acceptors (Lipinski definition) is 2. The van der Waals surface area contributed by atoms with Crippen molar-refractivity contribution in [3.63, 3.8) is 0 Å². The molecule has 2 nitrogen and oxygen atoms in total. The van der Waals surface area contributed by atoms with E-state index < -0.39 is 0 Å². The maximum Gasteiger partial charge on any atom is 0.222 e. The van der Waals surface area contributed by atoms with Crippen LogP contribution in [0.25, 0.3) is 0 Å². The largest absolute Gasteiger partial charge is 0.438 e. The van der Waals surface area contributed by atoms with Gasteiger partial charge in [0.05, 0.1) is 4.47 Å². The first-order valence-corrected chi connectivity index (χ1v) is 6.30. The lowest BCUT2D eigenvalue weighted by atomic mass is 10.3. The van der Waals surface area contributed by atoms with Crippen LogP contribution in [0, 0.1) is 6.92 Å². The summed E-state index contributed by atoms with van der Waals surface area (Å²) in [7, 11) is 0. The molecular formula is C12H9Br2NO. The lowest BCUT2D eigenvalue weighted by Crippen LogP contribution is -1.91. The van der Waals surface area contributed by atoms with Crippen molar-refractivity contribution >= 4 is 31.9 Å². The van der Waals surface area contributed by atoms with Gasteiger partial charge in [0.15, 0.2) is 0 Å². The predicted octanol–water partition coefficient (Wildman–Crippen LogP) is 4.71. The van der Waals surface area contributed by atoms with Crippen LogP contribution in [0.1, 0.15) is 5.56 Å². The first kappa shape index (κ1) is 11.6. The van der Waals surface area contributed by atoms with E-state index in [1.807, 2.05) is 37.3 Å². The van der Waals surface area contributed by atoms with Crippen LogP contribution in [-0.4, -0.2) is 4.98 Å². The second-order valence-electron chi connectivity index (χ2n) is 3.31. The number of hydrogen-bond donors (Lipinski definition) is 0. The summed E-state index contributed by atoms with van der Waals surface area (Å²) in [5.41, 5.74) is 0.991. The standard InChI is InChI=1S/C12H9Br2NO/c1-8-6-9(13)7-15-12(8)16-11-5-3-2-4-10(11)14/h2-7H,1H3. The van der Waals surface area contributed by atoms with Gasteiger partial charge in [0.25, 0.3) is 0 Å². The molecule has 0 aliphatic carbocycles. The van der Waals surface area contributed by atoms with E-state index in [1.165, 1.54) is 0 Å². The average molecular weight is 343 g/mol. The van der Waals surface area contributed by atoms with Crippen molar-refractivity contribution in [3.05, 3.63) is 51.0 Å². The number of aromatic nitrogens is 1. The van der Waals surface area contributed by atoms with E-state index in [9.17, 15) is 0 Å². The van der Waals surface area contributed by atoms with E-state index in [0.717, 1.165) is 20.3 Å². The van der Waals surface area contributed by atoms with E-state index >= 15 is 0 Å². The van der Waals surface area contributed by atoms with Gasteiger partial charge in [-0.05, 0) is 57.0 Å². The second kappa shape index (κ2) is 4.97. The van der Waals surface area contributed by atoms with E-state index in [-0.39, 0.29) is 0 Å². The highest BCUT2D eigenvalue weighted by atomic mass is 79.9. The summed E-state index contributed by atoms with van der Waals surface area (Å²) in [6.45, 7) is 1.96. The monoisotopic (exact) mass is 341 g/mol. The lowest BCUT2D eigenvalue weighted by molar-refractivity contribution is 0.456. The van der Waals surface area contributed by atoms with Crippen LogP contribution < -0.4 is 4.74 Å². The molecule has 0 aliphatic rings. The van der Waals surface area contributed by atoms with Gasteiger partial charge in [-0.2, -0.15) is 0 Å². The summed E-state index contributed by atoms with van der Waals surface area (Å²) in [6, 6.07) is 9.67. The number of ether oxygens (including phenoxy) is 1. The Bertz CT molecular complexity index is 514. The molecule has 0 N–H and O–H groups in total. The highest BCUT2D eigenvalue weighted by molar-refractivity contribution is 9.10. The zero-order valence-electron chi connectivity index (χ0n) is 8.58. The van der Waals surface area contributed by atoms with Gasteiger partial charge in [0, 0.05) is 16.2 Å². The van der Waals surface area contributed by atoms with Crippen LogP contribution in [0.2, 0.25) is 0 Å². The molecule has 0 amide bonds. The lowest BCUT2D eigenvalue weighted by Gasteiger charge is -2.08. The molecule has 1 aromatic heterocycles. The molecule has 0 saturated carbocycles. The summed E-state index contributed by atoms with van der Waals surface area (Å²) < 4.78 is 7.58. The van der Waals surface area contributed by atoms with Crippen molar-refractivity contribution in [1.82, 2.24) is 4.98 Å². The van der Waals surface area contributed by atoms with Gasteiger partial charge in [-0.3, -0.25) is 0 Å². The van der Waals surface area contributed by atoms with Crippen LogP contribution in [0.3, 0.4) is 0 Å². The molecule has 0 radical (unpaired) electrons. The SMILES string of the molecule is Cc1cc(Br)cnc1Oc1ccccc1Br. The first-order chi connectivity index (χ1) is 7.66. The summed E-state index contributed by atoms with van der Waals surface area (Å²) in [4.78, 5) is 4.22. The van der Waals surface area contributed by atoms with Gasteiger partial charge in [-0.25, -0.2) is 4.98 Å². The number of aryl methyl sites for hydroxylation is 1. The fourth-order valence-corrected chi connectivity index (χ4v) is 2.08. The number of rotatable bonds is 2. The minimum atomic E-state index is 0.620. The molecule has 2 aromatic rings. The van der Waals surface area contributed by atoms with Crippen molar-refractivity contribution < 1.29 is 4.74 Å². The third-order valence-electron chi connectivity index (χ3n) is 2.04. The molecule has 0 spiro atoms. The smallest absolute Gasteiger partial charge is 0.222 e. The summed E-state index contributed by atoms with van der Waals surface area (Å²) in [6.07, 6.45) is 1.72. The molecule has 1 aromatic carbocycles. The minimum Gasteiger partial charge on any atom is -0.438 e. The molecule has 0 saturated heterocycles. The topological polar surface area (TPSA) is 22.1 Å². The van der Waals surface area contributed by atoms with Gasteiger partial charge < -0.3 is 4.74 Å². The van der Waals surface area contributed by atoms with Crippen LogP contribution in [0.5, 0.6) is 11.6 Å². The Morgan fingerprint density at radius 1 is 1.19 bits per heavy atom. The van der Waals surface area contributed by atoms with Gasteiger partial charge in [-0.1, -0.05) is 12.1 Å². The number of pyridine rings is 1. The van der Waals surface area contributed by atoms with E-state index in [0.29, 0.717) is 5.88 Å². The molecule has 82 valence electrons. The number of benzene rings is 1. The third kappa shape index (κ3) is 2.62. The molecule has 0 bridgehead atoms. The summed E-state index contributed by atoms with van der Waals surface area (Å²) in [5.74, 6) is 1.38. The Morgan fingerprint density at radius 2 is 1.94 bits per heavy atom. The molecule has 16 heavy (non-hydrogen) atoms. The third-order valence-corrected chi connectivity index (χ3v) is 3.13. The summed E-state index contributed by atoms with van der Waals surface area (Å²) >= 11 is 6.80. The molecule has 0 unspecified atom stereocenters. The molecule has 0 atom stereocenters. The predicted molar refractivity (Wildman–Crippen MR) is 70.9 cm³/mol. The molecule has 4 heteroatoms. The van der Waals surface area contributed by atoms with Crippen LogP contribution >= 0.6 is 31.9 Å². The van der Waals surface area contributed by atoms with Crippen molar-refractivity contribution in [2.75, 3.05) is 0 Å². The maximum absolute atomic E-state index is 5.72. The quantitative estimate of drug-likeness (QED) is 0.788. The van der Waals surface area contributed by atoms with E-state index in [1.54, 1.807) is 6.20 Å². The van der Waals surface area contributed by atoms with Gasteiger partial charge in [0.1, 0.15) is 5.75 Å². The number of halogens is 2. The van der Waals surface area contributed by atoms with E-state index in [2.05, 4.69) is 36.8 Å².